The first-order chi connectivity index (χ1) is 25.3. The topological polar surface area (TPSA) is 6.48 Å². The molecule has 1 saturated heterocycles. The summed E-state index contributed by atoms with van der Waals surface area (Å²) in [6.07, 6.45) is 25.9. The number of fused-ring (bicyclic) bond motifs is 1. The van der Waals surface area contributed by atoms with Crippen LogP contribution in [0.2, 0.25) is 0 Å². The second kappa shape index (κ2) is 20.0. The van der Waals surface area contributed by atoms with E-state index in [0.29, 0.717) is 0 Å². The number of hydrogen-bond donors (Lipinski definition) is 0. The van der Waals surface area contributed by atoms with E-state index in [1.165, 1.54) is 61.6 Å². The molecule has 0 bridgehead atoms. The quantitative estimate of drug-likeness (QED) is 0.143. The van der Waals surface area contributed by atoms with Crippen molar-refractivity contribution in [1.82, 2.24) is 4.90 Å². The van der Waals surface area contributed by atoms with E-state index >= 15 is 0 Å². The van der Waals surface area contributed by atoms with Gasteiger partial charge in [-0.05, 0) is 123 Å². The monoisotopic (exact) mass is 846 g/mol. The maximum atomic E-state index is 6.19. The molecule has 0 N–H and O–H groups in total. The Bertz CT molecular complexity index is 1580. The number of nitrogens with zero attached hydrogens (tertiary/aromatic N) is 2. The van der Waals surface area contributed by atoms with Crippen LogP contribution in [-0.2, 0) is 13.5 Å². The van der Waals surface area contributed by atoms with Crippen LogP contribution in [0, 0.1) is 27.4 Å². The number of allylic oxidation sites excluding steroid dienone is 1. The molecule has 4 fully saturated rings. The first-order valence-corrected chi connectivity index (χ1v) is 27.4. The molecule has 0 atom stereocenters. The molecule has 0 unspecified atom stereocenters. The SMILES string of the molecule is C1CCC([PH+](C2CCCCC2)C2CCCCC2)CC1.Cc1cc(C)c(N2[CH-]N(C)CC2)c(C)c1.[Cl][Ru]([Cl])=[C]1C=C(c2ccccc2)c2ccccc21. The third-order valence-electron chi connectivity index (χ3n) is 12.1. The van der Waals surface area contributed by atoms with Gasteiger partial charge in [-0.1, -0.05) is 37.0 Å². The van der Waals surface area contributed by atoms with Crippen LogP contribution in [0.3, 0.4) is 0 Å². The number of anilines is 1. The second-order valence-corrected chi connectivity index (χ2v) is 25.3. The van der Waals surface area contributed by atoms with Crippen molar-refractivity contribution >= 4 is 42.7 Å². The molecule has 1 heterocycles. The molecule has 8 rings (SSSR count). The minimum atomic E-state index is -1.88. The molecule has 284 valence electrons. The molecule has 52 heavy (non-hydrogen) atoms. The summed E-state index contributed by atoms with van der Waals surface area (Å²) in [6, 6.07) is 23.2. The van der Waals surface area contributed by atoms with Crippen LogP contribution in [-0.4, -0.2) is 46.1 Å². The maximum absolute atomic E-state index is 6.19. The number of aryl methyl sites for hydroxylation is 3. The van der Waals surface area contributed by atoms with Crippen molar-refractivity contribution in [2.24, 2.45) is 0 Å². The Labute approximate surface area is 331 Å². The van der Waals surface area contributed by atoms with Crippen LogP contribution >= 0.6 is 27.3 Å². The number of likely N-dealkylation sites (N-methyl/N-ethyl adjacent to an activating group) is 1. The molecule has 1 aliphatic heterocycles. The minimum absolute atomic E-state index is 0.0465. The molecule has 6 heteroatoms. The summed E-state index contributed by atoms with van der Waals surface area (Å²) in [5.74, 6) is 0. The summed E-state index contributed by atoms with van der Waals surface area (Å²) >= 11 is -1.88. The summed E-state index contributed by atoms with van der Waals surface area (Å²) in [5.41, 5.74) is 14.0. The molecule has 0 spiro atoms. The van der Waals surface area contributed by atoms with Crippen molar-refractivity contribution in [3.8, 4) is 0 Å². The van der Waals surface area contributed by atoms with Gasteiger partial charge in [0, 0.05) is 20.2 Å². The Balaban J connectivity index is 0.000000135. The zero-order chi connectivity index (χ0) is 36.5. The third-order valence-corrected chi connectivity index (χ3v) is 19.8. The number of hydrogen-bond acceptors (Lipinski definition) is 2. The summed E-state index contributed by atoms with van der Waals surface area (Å²) in [4.78, 5) is 4.59. The molecular weight excluding hydrogens is 783 g/mol. The van der Waals surface area contributed by atoms with E-state index < -0.39 is 13.5 Å². The van der Waals surface area contributed by atoms with E-state index in [1.807, 2.05) is 24.3 Å². The zero-order valence-corrected chi connectivity index (χ0v) is 36.5. The van der Waals surface area contributed by atoms with Gasteiger partial charge in [0.1, 0.15) is 0 Å². The van der Waals surface area contributed by atoms with Gasteiger partial charge < -0.3 is 9.80 Å². The fraction of sp³-hybridized carbons (Fsp3) is 0.522. The van der Waals surface area contributed by atoms with E-state index in [0.717, 1.165) is 17.2 Å². The second-order valence-electron chi connectivity index (χ2n) is 16.0. The summed E-state index contributed by atoms with van der Waals surface area (Å²) < 4.78 is 1.12. The number of benzene rings is 3. The molecular formula is C46H63Cl2N2PRu. The van der Waals surface area contributed by atoms with Crippen LogP contribution < -0.4 is 4.90 Å². The predicted octanol–water partition coefficient (Wildman–Crippen LogP) is 13.3. The van der Waals surface area contributed by atoms with Crippen molar-refractivity contribution < 1.29 is 13.5 Å². The number of halogens is 2. The summed E-state index contributed by atoms with van der Waals surface area (Å²) in [5, 5.41) is 0. The van der Waals surface area contributed by atoms with Crippen LogP contribution in [0.1, 0.15) is 130 Å². The molecule has 2 nitrogen and oxygen atoms in total. The van der Waals surface area contributed by atoms with Crippen LogP contribution in [0.5, 0.6) is 0 Å². The molecule has 4 aliphatic carbocycles. The molecule has 0 amide bonds. The Hall–Kier alpha value is -1.34. The Morgan fingerprint density at radius 2 is 1.12 bits per heavy atom. The zero-order valence-electron chi connectivity index (χ0n) is 32.3. The van der Waals surface area contributed by atoms with Crippen LogP contribution in [0.4, 0.5) is 5.69 Å². The predicted molar refractivity (Wildman–Crippen MR) is 230 cm³/mol. The molecule has 0 radical (unpaired) electrons. The van der Waals surface area contributed by atoms with Gasteiger partial charge in [-0.25, -0.2) is 0 Å². The van der Waals surface area contributed by atoms with Gasteiger partial charge in [0.15, 0.2) is 0 Å². The fourth-order valence-corrected chi connectivity index (χ4v) is 17.6. The first kappa shape index (κ1) is 40.3. The van der Waals surface area contributed by atoms with Crippen molar-refractivity contribution in [3.63, 3.8) is 0 Å². The van der Waals surface area contributed by atoms with Gasteiger partial charge in [0.2, 0.25) is 0 Å². The third kappa shape index (κ3) is 10.5. The van der Waals surface area contributed by atoms with Crippen molar-refractivity contribution in [3.05, 3.63) is 113 Å². The van der Waals surface area contributed by atoms with Crippen molar-refractivity contribution in [2.75, 3.05) is 25.0 Å². The number of rotatable bonds is 5. The van der Waals surface area contributed by atoms with Gasteiger partial charge in [0.05, 0.1) is 17.0 Å². The van der Waals surface area contributed by atoms with Crippen LogP contribution in [0.25, 0.3) is 5.57 Å². The summed E-state index contributed by atoms with van der Waals surface area (Å²) in [6.45, 7) is 11.0. The van der Waals surface area contributed by atoms with Gasteiger partial charge in [-0.15, -0.1) is 0 Å². The van der Waals surface area contributed by atoms with E-state index in [-0.39, 0.29) is 7.92 Å². The first-order valence-electron chi connectivity index (χ1n) is 20.3. The molecule has 3 aromatic rings. The van der Waals surface area contributed by atoms with Gasteiger partial charge in [0.25, 0.3) is 0 Å². The normalized spacial score (nSPS) is 20.5. The van der Waals surface area contributed by atoms with Gasteiger partial charge >= 0.3 is 120 Å². The van der Waals surface area contributed by atoms with Crippen molar-refractivity contribution in [1.29, 1.82) is 0 Å². The fourth-order valence-electron chi connectivity index (χ4n) is 9.89. The van der Waals surface area contributed by atoms with Crippen LogP contribution in [0.15, 0.2) is 72.8 Å². The van der Waals surface area contributed by atoms with Gasteiger partial charge in [-0.3, -0.25) is 0 Å². The molecule has 5 aliphatic rings. The van der Waals surface area contributed by atoms with E-state index in [2.05, 4.69) is 92.8 Å². The molecule has 3 saturated carbocycles. The molecule has 3 aromatic carbocycles. The Kier molecular flexibility index (Phi) is 15.5. The molecule has 0 aromatic heterocycles. The van der Waals surface area contributed by atoms with E-state index in [9.17, 15) is 0 Å². The Morgan fingerprint density at radius 3 is 1.58 bits per heavy atom. The van der Waals surface area contributed by atoms with Gasteiger partial charge in [-0.2, -0.15) is 6.67 Å². The Morgan fingerprint density at radius 1 is 0.635 bits per heavy atom. The average molecular weight is 847 g/mol. The van der Waals surface area contributed by atoms with E-state index in [1.54, 1.807) is 96.3 Å². The standard InChI is InChI=1S/C18H33P.C15H10.C13H19N2.2ClH.Ru/c1-4-10-16(11-5-1)19(17-12-6-2-7-13-17)18-14-8-3-9-15-18;1-2-6-12(7-3-1)15-11-10-13-8-4-5-9-14(13)15;1-10-7-11(2)13(12(3)8-10)15-6-5-14(4)9-15;;;/h16-18H,1-15H2;1-9,11H;7-9H,5-6H2,1-4H3;2*1H;/q;;-1;;;+2/p-1. The average Bonchev–Trinajstić information content (AvgIpc) is 3.77. The van der Waals surface area contributed by atoms with E-state index in [4.69, 9.17) is 19.4 Å². The summed E-state index contributed by atoms with van der Waals surface area (Å²) in [7, 11) is 14.5. The van der Waals surface area contributed by atoms with Crippen molar-refractivity contribution in [2.45, 2.75) is 134 Å².